The summed E-state index contributed by atoms with van der Waals surface area (Å²) in [6.07, 6.45) is 3.41. The number of aromatic nitrogens is 1. The van der Waals surface area contributed by atoms with Gasteiger partial charge in [0.15, 0.2) is 0 Å². The van der Waals surface area contributed by atoms with Gasteiger partial charge in [-0.15, -0.1) is 0 Å². The maximum Gasteiger partial charge on any atom is 0.261 e. The molecule has 5 rings (SSSR count). The van der Waals surface area contributed by atoms with Crippen molar-refractivity contribution >= 4 is 56.2 Å². The topological polar surface area (TPSA) is 85.8 Å². The van der Waals surface area contributed by atoms with Crippen molar-refractivity contribution in [1.29, 1.82) is 0 Å². The second kappa shape index (κ2) is 11.0. The van der Waals surface area contributed by atoms with Crippen LogP contribution in [0.1, 0.15) is 21.8 Å². The highest BCUT2D eigenvalue weighted by atomic mass is 35.5. The largest absolute Gasteiger partial charge is 0.368 e. The lowest BCUT2D eigenvalue weighted by Gasteiger charge is -2.41. The molecule has 11 heteroatoms. The van der Waals surface area contributed by atoms with E-state index in [1.54, 1.807) is 30.3 Å². The molecular formula is C27H33Cl2N5O3S. The summed E-state index contributed by atoms with van der Waals surface area (Å²) in [5, 5.41) is 0.930. The van der Waals surface area contributed by atoms with Gasteiger partial charge in [0.1, 0.15) is 11.2 Å². The highest BCUT2D eigenvalue weighted by Gasteiger charge is 2.31. The zero-order chi connectivity index (χ0) is 26.9. The van der Waals surface area contributed by atoms with Gasteiger partial charge in [-0.25, -0.2) is 13.4 Å². The van der Waals surface area contributed by atoms with E-state index in [-0.39, 0.29) is 24.9 Å². The first-order chi connectivity index (χ1) is 18.2. The number of benzene rings is 2. The van der Waals surface area contributed by atoms with Gasteiger partial charge >= 0.3 is 0 Å². The van der Waals surface area contributed by atoms with Crippen LogP contribution in [0.15, 0.2) is 65.7 Å². The van der Waals surface area contributed by atoms with Crippen molar-refractivity contribution in [3.8, 4) is 0 Å². The van der Waals surface area contributed by atoms with E-state index < -0.39 is 10.0 Å². The Morgan fingerprint density at radius 2 is 1.74 bits per heavy atom. The molecule has 204 valence electrons. The maximum absolute atomic E-state index is 13.4. The van der Waals surface area contributed by atoms with Crippen LogP contribution in [0.5, 0.6) is 0 Å². The summed E-state index contributed by atoms with van der Waals surface area (Å²) in [4.78, 5) is 23.7. The monoisotopic (exact) mass is 577 g/mol. The normalized spacial score (nSPS) is 16.7. The number of nitrogens with zero attached hydrogens (tertiary/aromatic N) is 4. The standard InChI is InChI=1S/C27H29Cl2N5O3S.2H2/c1-19(34-12-2-3-20-17-21(28)4-9-25(20)34)27(35)33-15-13-32(14-16-33)23-5-7-24(8-6-23)38(36,37)31-22-10-11-30-26(29)18-22;;/h4-11,17-19H,2-3,12-16H2,1H3,(H,30,31);2*1H/t19-;;/m1../s1. The van der Waals surface area contributed by atoms with Crippen molar-refractivity contribution < 1.29 is 16.1 Å². The summed E-state index contributed by atoms with van der Waals surface area (Å²) in [6.45, 7) is 5.38. The number of pyridine rings is 1. The Bertz CT molecular complexity index is 1440. The van der Waals surface area contributed by atoms with Crippen LogP contribution in [0, 0.1) is 0 Å². The van der Waals surface area contributed by atoms with Crippen LogP contribution in [0.2, 0.25) is 10.2 Å². The van der Waals surface area contributed by atoms with Crippen LogP contribution in [-0.4, -0.2) is 63.0 Å². The van der Waals surface area contributed by atoms with Crippen molar-refractivity contribution in [1.82, 2.24) is 9.88 Å². The number of halogens is 2. The van der Waals surface area contributed by atoms with Gasteiger partial charge in [0.25, 0.3) is 10.0 Å². The average Bonchev–Trinajstić information content (AvgIpc) is 2.91. The van der Waals surface area contributed by atoms with E-state index in [0.717, 1.165) is 35.8 Å². The Kier molecular flexibility index (Phi) is 7.70. The molecule has 0 saturated carbocycles. The molecule has 2 aromatic carbocycles. The van der Waals surface area contributed by atoms with E-state index in [2.05, 4.69) is 19.5 Å². The highest BCUT2D eigenvalue weighted by Crippen LogP contribution is 2.31. The number of rotatable bonds is 6. The van der Waals surface area contributed by atoms with E-state index in [1.807, 2.05) is 30.0 Å². The number of sulfonamides is 1. The first kappa shape index (κ1) is 26.6. The molecule has 1 amide bonds. The maximum atomic E-state index is 13.4. The first-order valence-electron chi connectivity index (χ1n) is 12.5. The minimum absolute atomic E-state index is 0. The third kappa shape index (κ3) is 5.70. The zero-order valence-electron chi connectivity index (χ0n) is 21.0. The number of carbonyl (C=O) groups excluding carboxylic acids is 1. The lowest BCUT2D eigenvalue weighted by Crippen LogP contribution is -2.55. The molecule has 2 aliphatic rings. The fraction of sp³-hybridized carbons (Fsp3) is 0.333. The van der Waals surface area contributed by atoms with Crippen LogP contribution in [-0.2, 0) is 21.2 Å². The van der Waals surface area contributed by atoms with Crippen LogP contribution in [0.4, 0.5) is 17.1 Å². The zero-order valence-corrected chi connectivity index (χ0v) is 23.3. The second-order valence-electron chi connectivity index (χ2n) is 9.52. The third-order valence-corrected chi connectivity index (χ3v) is 8.94. The minimum Gasteiger partial charge on any atom is -0.368 e. The highest BCUT2D eigenvalue weighted by molar-refractivity contribution is 7.92. The molecule has 0 unspecified atom stereocenters. The molecule has 1 fully saturated rings. The molecule has 2 aliphatic heterocycles. The quantitative estimate of drug-likeness (QED) is 0.407. The average molecular weight is 579 g/mol. The predicted octanol–water partition coefficient (Wildman–Crippen LogP) is 5.17. The predicted molar refractivity (Wildman–Crippen MR) is 156 cm³/mol. The number of amides is 1. The molecule has 0 bridgehead atoms. The molecule has 8 nitrogen and oxygen atoms in total. The molecular weight excluding hydrogens is 545 g/mol. The summed E-state index contributed by atoms with van der Waals surface area (Å²) >= 11 is 12.0. The molecule has 38 heavy (non-hydrogen) atoms. The molecule has 0 spiro atoms. The molecule has 1 saturated heterocycles. The van der Waals surface area contributed by atoms with E-state index >= 15 is 0 Å². The summed E-state index contributed by atoms with van der Waals surface area (Å²) in [6, 6.07) is 15.4. The summed E-state index contributed by atoms with van der Waals surface area (Å²) < 4.78 is 28.0. The van der Waals surface area contributed by atoms with Gasteiger partial charge in [-0.2, -0.15) is 0 Å². The Morgan fingerprint density at radius 1 is 1.00 bits per heavy atom. The Balaban J connectivity index is 0.00000220. The molecule has 1 N–H and O–H groups in total. The number of aryl methyl sites for hydroxylation is 1. The number of piperazine rings is 1. The first-order valence-corrected chi connectivity index (χ1v) is 14.8. The van der Waals surface area contributed by atoms with Crippen LogP contribution < -0.4 is 14.5 Å². The molecule has 0 radical (unpaired) electrons. The molecule has 3 aromatic rings. The van der Waals surface area contributed by atoms with Crippen LogP contribution in [0.3, 0.4) is 0 Å². The van der Waals surface area contributed by atoms with Gasteiger partial charge in [-0.1, -0.05) is 23.2 Å². The smallest absolute Gasteiger partial charge is 0.261 e. The third-order valence-electron chi connectivity index (χ3n) is 7.10. The number of carbonyl (C=O) groups is 1. The van der Waals surface area contributed by atoms with Gasteiger partial charge in [0.2, 0.25) is 5.91 Å². The number of fused-ring (bicyclic) bond motifs is 1. The number of hydrogen-bond donors (Lipinski definition) is 1. The fourth-order valence-corrected chi connectivity index (χ4v) is 6.51. The van der Waals surface area contributed by atoms with Crippen LogP contribution >= 0.6 is 23.2 Å². The summed E-state index contributed by atoms with van der Waals surface area (Å²) in [5.74, 6) is 0.121. The fourth-order valence-electron chi connectivity index (χ4n) is 5.10. The Hall–Kier alpha value is -3.01. The summed E-state index contributed by atoms with van der Waals surface area (Å²) in [7, 11) is -3.76. The number of anilines is 3. The SMILES string of the molecule is C[C@H](C(=O)N1CCN(c2ccc(S(=O)(=O)Nc3ccnc(Cl)c3)cc2)CC1)N1CCCc2cc(Cl)ccc21.[HH].[HH]. The van der Waals surface area contributed by atoms with E-state index in [4.69, 9.17) is 23.2 Å². The van der Waals surface area contributed by atoms with Crippen molar-refractivity contribution in [2.75, 3.05) is 47.2 Å². The van der Waals surface area contributed by atoms with Crippen molar-refractivity contribution in [2.45, 2.75) is 30.7 Å². The van der Waals surface area contributed by atoms with Crippen molar-refractivity contribution in [2.24, 2.45) is 0 Å². The summed E-state index contributed by atoms with van der Waals surface area (Å²) in [5.41, 5.74) is 3.55. The lowest BCUT2D eigenvalue weighted by molar-refractivity contribution is -0.132. The van der Waals surface area contributed by atoms with Gasteiger partial charge in [-0.05, 0) is 79.9 Å². The Morgan fingerprint density at radius 3 is 2.45 bits per heavy atom. The molecule has 1 aromatic heterocycles. The van der Waals surface area contributed by atoms with E-state index in [9.17, 15) is 13.2 Å². The molecule has 1 atom stereocenters. The number of hydrogen-bond acceptors (Lipinski definition) is 6. The van der Waals surface area contributed by atoms with E-state index in [1.165, 1.54) is 17.8 Å². The van der Waals surface area contributed by atoms with Gasteiger partial charge < -0.3 is 14.7 Å². The van der Waals surface area contributed by atoms with Crippen molar-refractivity contribution in [3.63, 3.8) is 0 Å². The molecule has 0 aliphatic carbocycles. The minimum atomic E-state index is -3.76. The number of nitrogens with one attached hydrogen (secondary N) is 1. The van der Waals surface area contributed by atoms with Gasteiger partial charge in [-0.3, -0.25) is 9.52 Å². The molecule has 3 heterocycles. The van der Waals surface area contributed by atoms with Crippen LogP contribution in [0.25, 0.3) is 0 Å². The van der Waals surface area contributed by atoms with Crippen molar-refractivity contribution in [3.05, 3.63) is 76.5 Å². The lowest BCUT2D eigenvalue weighted by atomic mass is 10.00. The van der Waals surface area contributed by atoms with E-state index in [0.29, 0.717) is 31.9 Å². The second-order valence-corrected chi connectivity index (χ2v) is 12.0. The van der Waals surface area contributed by atoms with Gasteiger partial charge in [0, 0.05) is 58.2 Å². The Labute approximate surface area is 236 Å². The van der Waals surface area contributed by atoms with Gasteiger partial charge in [0.05, 0.1) is 10.6 Å².